The van der Waals surface area contributed by atoms with Gasteiger partial charge in [0.25, 0.3) is 0 Å². The summed E-state index contributed by atoms with van der Waals surface area (Å²) in [6.45, 7) is 3.20. The fraction of sp³-hybridized carbons (Fsp3) is 0.286. The Morgan fingerprint density at radius 3 is 2.45 bits per heavy atom. The van der Waals surface area contributed by atoms with Crippen molar-refractivity contribution in [1.29, 1.82) is 0 Å². The van der Waals surface area contributed by atoms with Crippen molar-refractivity contribution in [3.63, 3.8) is 0 Å². The summed E-state index contributed by atoms with van der Waals surface area (Å²) in [4.78, 5) is 22.9. The molecule has 1 aromatic carbocycles. The molecule has 0 aliphatic carbocycles. The molecule has 0 saturated carbocycles. The molecular weight excluding hydrogens is 258 g/mol. The maximum absolute atomic E-state index is 11.7. The van der Waals surface area contributed by atoms with Crippen LogP contribution in [0.5, 0.6) is 0 Å². The van der Waals surface area contributed by atoms with E-state index in [0.29, 0.717) is 29.5 Å². The van der Waals surface area contributed by atoms with Gasteiger partial charge < -0.3 is 9.73 Å². The van der Waals surface area contributed by atoms with Gasteiger partial charge in [-0.3, -0.25) is 9.59 Å². The summed E-state index contributed by atoms with van der Waals surface area (Å²) >= 11 is 0. The highest BCUT2D eigenvalue weighted by Gasteiger charge is 2.07. The van der Waals surface area contributed by atoms with Crippen LogP contribution < -0.4 is 5.32 Å². The number of aromatic nitrogens is 2. The van der Waals surface area contributed by atoms with Crippen molar-refractivity contribution in [3.8, 4) is 0 Å². The van der Waals surface area contributed by atoms with E-state index in [1.807, 2.05) is 0 Å². The summed E-state index contributed by atoms with van der Waals surface area (Å²) in [6.07, 6.45) is 0.661. The van der Waals surface area contributed by atoms with Crippen LogP contribution in [-0.2, 0) is 11.2 Å². The number of rotatable bonds is 5. The van der Waals surface area contributed by atoms with E-state index >= 15 is 0 Å². The van der Waals surface area contributed by atoms with E-state index in [1.165, 1.54) is 6.92 Å². The third-order valence-corrected chi connectivity index (χ3v) is 2.71. The van der Waals surface area contributed by atoms with Crippen LogP contribution in [0, 0.1) is 6.92 Å². The minimum absolute atomic E-state index is 0.00496. The van der Waals surface area contributed by atoms with E-state index in [0.717, 1.165) is 0 Å². The lowest BCUT2D eigenvalue weighted by Crippen LogP contribution is -2.12. The van der Waals surface area contributed by atoms with E-state index in [4.69, 9.17) is 4.42 Å². The van der Waals surface area contributed by atoms with Crippen molar-refractivity contribution in [2.75, 3.05) is 5.32 Å². The number of amides is 1. The van der Waals surface area contributed by atoms with Gasteiger partial charge in [-0.2, -0.15) is 0 Å². The zero-order chi connectivity index (χ0) is 14.5. The quantitative estimate of drug-likeness (QED) is 0.844. The number of nitrogens with one attached hydrogen (secondary N) is 1. The number of aryl methyl sites for hydroxylation is 2. The molecule has 6 nitrogen and oxygen atoms in total. The van der Waals surface area contributed by atoms with Crippen molar-refractivity contribution in [2.45, 2.75) is 26.7 Å². The molecule has 0 spiro atoms. The summed E-state index contributed by atoms with van der Waals surface area (Å²) in [5, 5.41) is 10.3. The molecular formula is C14H15N3O3. The molecule has 0 atom stereocenters. The monoisotopic (exact) mass is 273 g/mol. The lowest BCUT2D eigenvalue weighted by molar-refractivity contribution is -0.116. The van der Waals surface area contributed by atoms with Crippen molar-refractivity contribution < 1.29 is 14.0 Å². The number of hydrogen-bond acceptors (Lipinski definition) is 5. The first-order valence-corrected chi connectivity index (χ1v) is 6.24. The molecule has 0 unspecified atom stereocenters. The molecule has 0 fully saturated rings. The van der Waals surface area contributed by atoms with Crippen LogP contribution in [0.4, 0.5) is 5.69 Å². The highest BCUT2D eigenvalue weighted by molar-refractivity contribution is 5.95. The maximum Gasteiger partial charge on any atom is 0.224 e. The number of anilines is 1. The number of benzene rings is 1. The molecule has 6 heteroatoms. The SMILES string of the molecule is CC(=O)c1ccc(NC(=O)CCc2nnc(C)o2)cc1. The first-order chi connectivity index (χ1) is 9.54. The number of nitrogens with zero attached hydrogens (tertiary/aromatic N) is 2. The van der Waals surface area contributed by atoms with Gasteiger partial charge in [0, 0.05) is 31.0 Å². The van der Waals surface area contributed by atoms with Gasteiger partial charge in [0.1, 0.15) is 0 Å². The summed E-state index contributed by atoms with van der Waals surface area (Å²) in [6, 6.07) is 6.76. The number of hydrogen-bond donors (Lipinski definition) is 1. The number of carbonyl (C=O) groups is 2. The Labute approximate surface area is 116 Å². The highest BCUT2D eigenvalue weighted by Crippen LogP contribution is 2.11. The molecule has 0 radical (unpaired) electrons. The predicted molar refractivity (Wildman–Crippen MR) is 72.4 cm³/mol. The van der Waals surface area contributed by atoms with Crippen LogP contribution in [0.15, 0.2) is 28.7 Å². The normalized spacial score (nSPS) is 10.3. The average molecular weight is 273 g/mol. The van der Waals surface area contributed by atoms with Crippen LogP contribution in [0.25, 0.3) is 0 Å². The van der Waals surface area contributed by atoms with Crippen LogP contribution in [0.2, 0.25) is 0 Å². The third kappa shape index (κ3) is 3.74. The van der Waals surface area contributed by atoms with Gasteiger partial charge in [-0.15, -0.1) is 10.2 Å². The second kappa shape index (κ2) is 6.10. The molecule has 0 bridgehead atoms. The molecule has 2 rings (SSSR count). The van der Waals surface area contributed by atoms with E-state index in [-0.39, 0.29) is 18.1 Å². The molecule has 2 aromatic rings. The van der Waals surface area contributed by atoms with Crippen molar-refractivity contribution in [1.82, 2.24) is 10.2 Å². The van der Waals surface area contributed by atoms with E-state index < -0.39 is 0 Å². The van der Waals surface area contributed by atoms with Gasteiger partial charge in [-0.1, -0.05) is 0 Å². The summed E-state index contributed by atoms with van der Waals surface area (Å²) < 4.78 is 5.19. The Morgan fingerprint density at radius 2 is 1.90 bits per heavy atom. The number of ketones is 1. The zero-order valence-corrected chi connectivity index (χ0v) is 11.3. The summed E-state index contributed by atoms with van der Waals surface area (Å²) in [7, 11) is 0. The maximum atomic E-state index is 11.7. The summed E-state index contributed by atoms with van der Waals surface area (Å²) in [5.74, 6) is 0.788. The molecule has 1 N–H and O–H groups in total. The first kappa shape index (κ1) is 13.9. The Hall–Kier alpha value is -2.50. The molecule has 0 saturated heterocycles. The van der Waals surface area contributed by atoms with Gasteiger partial charge in [0.15, 0.2) is 5.78 Å². The zero-order valence-electron chi connectivity index (χ0n) is 11.3. The fourth-order valence-corrected chi connectivity index (χ4v) is 1.67. The second-order valence-electron chi connectivity index (χ2n) is 4.40. The fourth-order valence-electron chi connectivity index (χ4n) is 1.67. The highest BCUT2D eigenvalue weighted by atomic mass is 16.4. The largest absolute Gasteiger partial charge is 0.426 e. The van der Waals surface area contributed by atoms with Gasteiger partial charge in [-0.25, -0.2) is 0 Å². The molecule has 1 aromatic heterocycles. The van der Waals surface area contributed by atoms with Crippen LogP contribution in [0.3, 0.4) is 0 Å². The summed E-state index contributed by atoms with van der Waals surface area (Å²) in [5.41, 5.74) is 1.27. The van der Waals surface area contributed by atoms with E-state index in [2.05, 4.69) is 15.5 Å². The van der Waals surface area contributed by atoms with Crippen LogP contribution >= 0.6 is 0 Å². The molecule has 0 aliphatic heterocycles. The lowest BCUT2D eigenvalue weighted by Gasteiger charge is -2.04. The molecule has 0 aliphatic rings. The predicted octanol–water partition coefficient (Wildman–Crippen LogP) is 2.15. The molecule has 1 amide bonds. The van der Waals surface area contributed by atoms with Gasteiger partial charge in [0.2, 0.25) is 17.7 Å². The van der Waals surface area contributed by atoms with Crippen molar-refractivity contribution in [2.24, 2.45) is 0 Å². The molecule has 1 heterocycles. The van der Waals surface area contributed by atoms with Gasteiger partial charge in [-0.05, 0) is 31.2 Å². The Bertz CT molecular complexity index is 617. The van der Waals surface area contributed by atoms with Crippen molar-refractivity contribution in [3.05, 3.63) is 41.6 Å². The Morgan fingerprint density at radius 1 is 1.20 bits per heavy atom. The lowest BCUT2D eigenvalue weighted by atomic mass is 10.1. The number of Topliss-reactive ketones (excluding diaryl/α,β-unsaturated/α-hetero) is 1. The minimum atomic E-state index is -0.142. The smallest absolute Gasteiger partial charge is 0.224 e. The Balaban J connectivity index is 1.86. The van der Waals surface area contributed by atoms with Crippen LogP contribution in [-0.4, -0.2) is 21.9 Å². The Kier molecular flexibility index (Phi) is 4.24. The topological polar surface area (TPSA) is 85.1 Å². The van der Waals surface area contributed by atoms with Crippen molar-refractivity contribution >= 4 is 17.4 Å². The second-order valence-corrected chi connectivity index (χ2v) is 4.40. The van der Waals surface area contributed by atoms with Gasteiger partial charge >= 0.3 is 0 Å². The van der Waals surface area contributed by atoms with E-state index in [9.17, 15) is 9.59 Å². The molecule has 20 heavy (non-hydrogen) atoms. The van der Waals surface area contributed by atoms with E-state index in [1.54, 1.807) is 31.2 Å². The average Bonchev–Trinajstić information content (AvgIpc) is 2.83. The minimum Gasteiger partial charge on any atom is -0.426 e. The standard InChI is InChI=1S/C14H15N3O3/c1-9(18)11-3-5-12(6-4-11)15-13(19)7-8-14-17-16-10(2)20-14/h3-6H,7-8H2,1-2H3,(H,15,19). The van der Waals surface area contributed by atoms with Gasteiger partial charge in [0.05, 0.1) is 0 Å². The third-order valence-electron chi connectivity index (χ3n) is 2.71. The molecule has 104 valence electrons. The number of carbonyl (C=O) groups excluding carboxylic acids is 2. The van der Waals surface area contributed by atoms with Crippen LogP contribution in [0.1, 0.15) is 35.5 Å². The first-order valence-electron chi connectivity index (χ1n) is 6.24.